The zero-order valence-corrected chi connectivity index (χ0v) is 12.7. The summed E-state index contributed by atoms with van der Waals surface area (Å²) in [6, 6.07) is 4.68. The molecule has 0 spiro atoms. The predicted molar refractivity (Wildman–Crippen MR) is 77.7 cm³/mol. The Morgan fingerprint density at radius 3 is 2.83 bits per heavy atom. The van der Waals surface area contributed by atoms with Crippen LogP contribution in [0.1, 0.15) is 16.8 Å². The van der Waals surface area contributed by atoms with E-state index in [2.05, 4.69) is 27.9 Å². The molecule has 1 aromatic rings. The van der Waals surface area contributed by atoms with Gasteiger partial charge in [-0.05, 0) is 47.2 Å². The van der Waals surface area contributed by atoms with Gasteiger partial charge in [-0.3, -0.25) is 9.59 Å². The van der Waals surface area contributed by atoms with Crippen LogP contribution in [-0.4, -0.2) is 36.3 Å². The van der Waals surface area contributed by atoms with Crippen LogP contribution in [-0.2, 0) is 4.79 Å². The van der Waals surface area contributed by atoms with Crippen LogP contribution in [0.2, 0.25) is 5.02 Å². The maximum atomic E-state index is 12.0. The minimum absolute atomic E-state index is 0.0417. The summed E-state index contributed by atoms with van der Waals surface area (Å²) in [6.45, 7) is 0.678. The topological polar surface area (TPSA) is 49.4 Å². The molecule has 0 saturated carbocycles. The van der Waals surface area contributed by atoms with Crippen molar-refractivity contribution >= 4 is 46.0 Å². The average molecular weight is 379 g/mol. The molecule has 96 valence electrons. The van der Waals surface area contributed by atoms with Gasteiger partial charge in [0.1, 0.15) is 6.04 Å². The van der Waals surface area contributed by atoms with Crippen molar-refractivity contribution in [1.29, 1.82) is 0 Å². The van der Waals surface area contributed by atoms with Gasteiger partial charge < -0.3 is 10.2 Å². The third-order valence-electron chi connectivity index (χ3n) is 2.91. The van der Waals surface area contributed by atoms with Crippen molar-refractivity contribution in [2.75, 3.05) is 13.6 Å². The largest absolute Gasteiger partial charge is 0.344 e. The molecule has 2 rings (SSSR count). The minimum Gasteiger partial charge on any atom is -0.344 e. The van der Waals surface area contributed by atoms with Crippen LogP contribution in [0.5, 0.6) is 0 Å². The highest BCUT2D eigenvalue weighted by Crippen LogP contribution is 2.20. The number of hydrogen-bond donors (Lipinski definition) is 1. The van der Waals surface area contributed by atoms with Gasteiger partial charge in [0.05, 0.1) is 5.02 Å². The van der Waals surface area contributed by atoms with Gasteiger partial charge in [0.25, 0.3) is 5.91 Å². The van der Waals surface area contributed by atoms with Crippen LogP contribution in [0.15, 0.2) is 18.2 Å². The quantitative estimate of drug-likeness (QED) is 0.799. The lowest BCUT2D eigenvalue weighted by atomic mass is 10.2. The van der Waals surface area contributed by atoms with Gasteiger partial charge in [0, 0.05) is 22.7 Å². The maximum absolute atomic E-state index is 12.0. The normalized spacial score (nSPS) is 19.2. The van der Waals surface area contributed by atoms with Crippen LogP contribution >= 0.6 is 34.2 Å². The molecule has 6 heteroatoms. The Kier molecular flexibility index (Phi) is 4.11. The molecule has 1 saturated heterocycles. The van der Waals surface area contributed by atoms with E-state index in [0.29, 0.717) is 23.6 Å². The molecule has 0 aromatic heterocycles. The molecule has 1 aliphatic rings. The third kappa shape index (κ3) is 2.77. The maximum Gasteiger partial charge on any atom is 0.251 e. The van der Waals surface area contributed by atoms with E-state index in [1.165, 1.54) is 0 Å². The van der Waals surface area contributed by atoms with Gasteiger partial charge in [-0.15, -0.1) is 0 Å². The van der Waals surface area contributed by atoms with E-state index in [-0.39, 0.29) is 11.8 Å². The summed E-state index contributed by atoms with van der Waals surface area (Å²) in [7, 11) is 1.73. The van der Waals surface area contributed by atoms with Crippen molar-refractivity contribution in [2.45, 2.75) is 12.5 Å². The Morgan fingerprint density at radius 1 is 1.56 bits per heavy atom. The number of halogens is 2. The first kappa shape index (κ1) is 13.6. The molecule has 1 heterocycles. The van der Waals surface area contributed by atoms with Gasteiger partial charge in [0.15, 0.2) is 0 Å². The second kappa shape index (κ2) is 5.44. The zero-order chi connectivity index (χ0) is 13.3. The van der Waals surface area contributed by atoms with Crippen molar-refractivity contribution in [3.63, 3.8) is 0 Å². The molecule has 0 aliphatic carbocycles. The SMILES string of the molecule is CN1CCC(NC(=O)c2ccc(I)c(Cl)c2)C1=O. The van der Waals surface area contributed by atoms with E-state index in [0.717, 1.165) is 3.57 Å². The monoisotopic (exact) mass is 378 g/mol. The van der Waals surface area contributed by atoms with Crippen LogP contribution in [0, 0.1) is 3.57 Å². The van der Waals surface area contributed by atoms with Crippen molar-refractivity contribution in [3.8, 4) is 0 Å². The summed E-state index contributed by atoms with van der Waals surface area (Å²) < 4.78 is 0.891. The number of benzene rings is 1. The van der Waals surface area contributed by atoms with Crippen molar-refractivity contribution < 1.29 is 9.59 Å². The molecule has 1 unspecified atom stereocenters. The number of nitrogens with zero attached hydrogens (tertiary/aromatic N) is 1. The molecule has 0 radical (unpaired) electrons. The number of carbonyl (C=O) groups excluding carboxylic acids is 2. The van der Waals surface area contributed by atoms with E-state index in [4.69, 9.17) is 11.6 Å². The van der Waals surface area contributed by atoms with Gasteiger partial charge >= 0.3 is 0 Å². The van der Waals surface area contributed by atoms with E-state index in [1.54, 1.807) is 30.1 Å². The highest BCUT2D eigenvalue weighted by Gasteiger charge is 2.30. The Hall–Kier alpha value is -0.820. The molecule has 1 fully saturated rings. The lowest BCUT2D eigenvalue weighted by molar-refractivity contribution is -0.128. The van der Waals surface area contributed by atoms with Crippen molar-refractivity contribution in [3.05, 3.63) is 32.4 Å². The molecule has 1 aliphatic heterocycles. The van der Waals surface area contributed by atoms with Crippen LogP contribution in [0.25, 0.3) is 0 Å². The summed E-state index contributed by atoms with van der Waals surface area (Å²) in [5, 5.41) is 3.27. The van der Waals surface area contributed by atoms with Gasteiger partial charge in [-0.2, -0.15) is 0 Å². The first-order chi connectivity index (χ1) is 8.49. The second-order valence-corrected chi connectivity index (χ2v) is 5.77. The standard InChI is InChI=1S/C12H12ClIN2O2/c1-16-5-4-10(12(16)18)15-11(17)7-2-3-9(14)8(13)6-7/h2-3,6,10H,4-5H2,1H3,(H,15,17). The van der Waals surface area contributed by atoms with Gasteiger partial charge in [-0.1, -0.05) is 11.6 Å². The molecule has 4 nitrogen and oxygen atoms in total. The fraction of sp³-hybridized carbons (Fsp3) is 0.333. The molecule has 1 N–H and O–H groups in total. The molecule has 18 heavy (non-hydrogen) atoms. The minimum atomic E-state index is -0.416. The molecular weight excluding hydrogens is 367 g/mol. The summed E-state index contributed by atoms with van der Waals surface area (Å²) in [4.78, 5) is 25.3. The molecule has 1 atom stereocenters. The molecule has 0 bridgehead atoms. The third-order valence-corrected chi connectivity index (χ3v) is 4.49. The Labute approximate surface area is 124 Å². The lowest BCUT2D eigenvalue weighted by Crippen LogP contribution is -2.40. The highest BCUT2D eigenvalue weighted by molar-refractivity contribution is 14.1. The molecule has 2 amide bonds. The second-order valence-electron chi connectivity index (χ2n) is 4.20. The lowest BCUT2D eigenvalue weighted by Gasteiger charge is -2.12. The molecule has 1 aromatic carbocycles. The number of rotatable bonds is 2. The Morgan fingerprint density at radius 2 is 2.28 bits per heavy atom. The van der Waals surface area contributed by atoms with Crippen molar-refractivity contribution in [2.24, 2.45) is 0 Å². The number of carbonyl (C=O) groups is 2. The number of amides is 2. The Balaban J connectivity index is 2.08. The smallest absolute Gasteiger partial charge is 0.251 e. The fourth-order valence-electron chi connectivity index (χ4n) is 1.84. The van der Waals surface area contributed by atoms with Gasteiger partial charge in [0.2, 0.25) is 5.91 Å². The summed E-state index contributed by atoms with van der Waals surface area (Å²) in [5.74, 6) is -0.304. The zero-order valence-electron chi connectivity index (χ0n) is 9.74. The van der Waals surface area contributed by atoms with Crippen LogP contribution < -0.4 is 5.32 Å². The first-order valence-corrected chi connectivity index (χ1v) is 6.95. The number of nitrogens with one attached hydrogen (secondary N) is 1. The van der Waals surface area contributed by atoms with Gasteiger partial charge in [-0.25, -0.2) is 0 Å². The predicted octanol–water partition coefficient (Wildman–Crippen LogP) is 1.91. The van der Waals surface area contributed by atoms with Crippen LogP contribution in [0.3, 0.4) is 0 Å². The van der Waals surface area contributed by atoms with Crippen molar-refractivity contribution in [1.82, 2.24) is 10.2 Å². The summed E-state index contributed by atoms with van der Waals surface area (Å²) in [6.07, 6.45) is 0.652. The first-order valence-electron chi connectivity index (χ1n) is 5.50. The van der Waals surface area contributed by atoms with E-state index >= 15 is 0 Å². The van der Waals surface area contributed by atoms with E-state index in [9.17, 15) is 9.59 Å². The average Bonchev–Trinajstić information content (AvgIpc) is 2.64. The van der Waals surface area contributed by atoms with E-state index < -0.39 is 6.04 Å². The van der Waals surface area contributed by atoms with Crippen LogP contribution in [0.4, 0.5) is 0 Å². The number of hydrogen-bond acceptors (Lipinski definition) is 2. The fourth-order valence-corrected chi connectivity index (χ4v) is 2.35. The van der Waals surface area contributed by atoms with E-state index in [1.807, 2.05) is 0 Å². The Bertz CT molecular complexity index is 507. The highest BCUT2D eigenvalue weighted by atomic mass is 127. The summed E-state index contributed by atoms with van der Waals surface area (Å²) >= 11 is 8.06. The molecular formula is C12H12ClIN2O2. The number of likely N-dealkylation sites (N-methyl/N-ethyl adjacent to an activating group) is 1. The number of likely N-dealkylation sites (tertiary alicyclic amines) is 1. The summed E-state index contributed by atoms with van der Waals surface area (Å²) in [5.41, 5.74) is 0.475.